The Labute approximate surface area is 156 Å². The maximum atomic E-state index is 13.5. The van der Waals surface area contributed by atoms with Crippen LogP contribution in [0.25, 0.3) is 10.9 Å². The van der Waals surface area contributed by atoms with Gasteiger partial charge in [-0.15, -0.1) is 0 Å². The van der Waals surface area contributed by atoms with Crippen molar-refractivity contribution in [1.29, 1.82) is 0 Å². The number of hydrogen-bond acceptors (Lipinski definition) is 3. The number of benzene rings is 2. The predicted octanol–water partition coefficient (Wildman–Crippen LogP) is 3.28. The number of halogens is 2. The van der Waals surface area contributed by atoms with Crippen molar-refractivity contribution < 1.29 is 9.18 Å². The van der Waals surface area contributed by atoms with Crippen LogP contribution in [0.3, 0.4) is 0 Å². The van der Waals surface area contributed by atoms with E-state index in [1.807, 2.05) is 19.2 Å². The van der Waals surface area contributed by atoms with E-state index in [-0.39, 0.29) is 18.3 Å². The Morgan fingerprint density at radius 3 is 2.73 bits per heavy atom. The Morgan fingerprint density at radius 1 is 1.31 bits per heavy atom. The monoisotopic (exact) mass is 374 g/mol. The molecule has 0 radical (unpaired) electrons. The molecule has 1 N–H and O–H groups in total. The van der Waals surface area contributed by atoms with Crippen molar-refractivity contribution in [3.05, 3.63) is 64.6 Å². The van der Waals surface area contributed by atoms with Gasteiger partial charge in [0.15, 0.2) is 0 Å². The van der Waals surface area contributed by atoms with Crippen molar-refractivity contribution in [2.45, 2.75) is 12.6 Å². The standard InChI is InChI=1S/C19H20ClFN4O/c1-24(2)18(12-6-4-7-13(21)10-12)19(26)22-11-15-17-14(20)8-5-9-16(17)25(3)23-15/h4-10,18H,11H2,1-3H3,(H,22,26). The fourth-order valence-electron chi connectivity index (χ4n) is 3.10. The van der Waals surface area contributed by atoms with Gasteiger partial charge in [0, 0.05) is 12.4 Å². The zero-order valence-electron chi connectivity index (χ0n) is 14.8. The number of nitrogens with one attached hydrogen (secondary N) is 1. The van der Waals surface area contributed by atoms with Gasteiger partial charge >= 0.3 is 0 Å². The van der Waals surface area contributed by atoms with Gasteiger partial charge in [-0.1, -0.05) is 29.8 Å². The molecule has 1 atom stereocenters. The summed E-state index contributed by atoms with van der Waals surface area (Å²) < 4.78 is 15.3. The Hall–Kier alpha value is -2.44. The Kier molecular flexibility index (Phi) is 5.25. The molecule has 3 aromatic rings. The van der Waals surface area contributed by atoms with Gasteiger partial charge in [-0.3, -0.25) is 14.4 Å². The molecule has 0 saturated carbocycles. The van der Waals surface area contributed by atoms with E-state index in [1.54, 1.807) is 41.9 Å². The second-order valence-electron chi connectivity index (χ2n) is 6.34. The van der Waals surface area contributed by atoms with E-state index in [0.29, 0.717) is 16.3 Å². The van der Waals surface area contributed by atoms with Crippen LogP contribution in [0, 0.1) is 5.82 Å². The molecule has 0 aliphatic carbocycles. The third-order valence-corrected chi connectivity index (χ3v) is 4.57. The number of aryl methyl sites for hydroxylation is 1. The van der Waals surface area contributed by atoms with Crippen LogP contribution in [0.1, 0.15) is 17.3 Å². The lowest BCUT2D eigenvalue weighted by atomic mass is 10.0. The lowest BCUT2D eigenvalue weighted by Gasteiger charge is -2.23. The molecular formula is C19H20ClFN4O. The number of likely N-dealkylation sites (N-methyl/N-ethyl adjacent to an activating group) is 1. The van der Waals surface area contributed by atoms with Crippen LogP contribution in [-0.2, 0) is 18.4 Å². The summed E-state index contributed by atoms with van der Waals surface area (Å²) in [4.78, 5) is 14.5. The van der Waals surface area contributed by atoms with E-state index in [4.69, 9.17) is 11.6 Å². The number of carbonyl (C=O) groups excluding carboxylic acids is 1. The largest absolute Gasteiger partial charge is 0.349 e. The molecule has 1 amide bonds. The molecule has 3 rings (SSSR count). The highest BCUT2D eigenvalue weighted by molar-refractivity contribution is 6.35. The molecule has 0 spiro atoms. The minimum absolute atomic E-state index is 0.230. The Bertz CT molecular complexity index is 954. The van der Waals surface area contributed by atoms with Crippen molar-refractivity contribution in [3.63, 3.8) is 0 Å². The first kappa shape index (κ1) is 18.4. The zero-order chi connectivity index (χ0) is 18.8. The van der Waals surface area contributed by atoms with Crippen LogP contribution < -0.4 is 5.32 Å². The normalized spacial score (nSPS) is 12.5. The number of hydrogen-bond donors (Lipinski definition) is 1. The summed E-state index contributed by atoms with van der Waals surface area (Å²) in [6.45, 7) is 0.236. The van der Waals surface area contributed by atoms with Gasteiger partial charge in [0.2, 0.25) is 5.91 Å². The Balaban J connectivity index is 1.83. The molecule has 0 bridgehead atoms. The molecule has 1 aromatic heterocycles. The molecular weight excluding hydrogens is 355 g/mol. The first-order valence-electron chi connectivity index (χ1n) is 8.18. The lowest BCUT2D eigenvalue weighted by Crippen LogP contribution is -2.36. The number of carbonyl (C=O) groups is 1. The second-order valence-corrected chi connectivity index (χ2v) is 6.75. The number of nitrogens with zero attached hydrogens (tertiary/aromatic N) is 3. The number of aromatic nitrogens is 2. The molecule has 2 aromatic carbocycles. The highest BCUT2D eigenvalue weighted by Gasteiger charge is 2.24. The van der Waals surface area contributed by atoms with Crippen LogP contribution in [0.2, 0.25) is 5.02 Å². The summed E-state index contributed by atoms with van der Waals surface area (Å²) >= 11 is 6.30. The first-order chi connectivity index (χ1) is 12.4. The number of amides is 1. The summed E-state index contributed by atoms with van der Waals surface area (Å²) in [6, 6.07) is 11.0. The topological polar surface area (TPSA) is 50.2 Å². The summed E-state index contributed by atoms with van der Waals surface area (Å²) in [7, 11) is 5.39. The minimum Gasteiger partial charge on any atom is -0.349 e. The van der Waals surface area contributed by atoms with E-state index >= 15 is 0 Å². The van der Waals surface area contributed by atoms with Gasteiger partial charge < -0.3 is 5.32 Å². The van der Waals surface area contributed by atoms with Crippen molar-refractivity contribution in [2.75, 3.05) is 14.1 Å². The van der Waals surface area contributed by atoms with Gasteiger partial charge in [0.05, 0.1) is 22.8 Å². The number of fused-ring (bicyclic) bond motifs is 1. The van der Waals surface area contributed by atoms with Gasteiger partial charge in [-0.05, 0) is 43.9 Å². The summed E-state index contributed by atoms with van der Waals surface area (Å²) in [5, 5.41) is 8.77. The summed E-state index contributed by atoms with van der Waals surface area (Å²) in [5.41, 5.74) is 2.19. The average molecular weight is 375 g/mol. The maximum Gasteiger partial charge on any atom is 0.242 e. The summed E-state index contributed by atoms with van der Waals surface area (Å²) in [5.74, 6) is -0.601. The molecule has 7 heteroatoms. The van der Waals surface area contributed by atoms with Crippen molar-refractivity contribution in [2.24, 2.45) is 7.05 Å². The molecule has 136 valence electrons. The van der Waals surface area contributed by atoms with Gasteiger partial charge in [-0.2, -0.15) is 5.10 Å². The van der Waals surface area contributed by atoms with Gasteiger partial charge in [0.1, 0.15) is 11.9 Å². The van der Waals surface area contributed by atoms with Crippen LogP contribution in [0.4, 0.5) is 4.39 Å². The minimum atomic E-state index is -0.601. The molecule has 0 saturated heterocycles. The van der Waals surface area contributed by atoms with Crippen LogP contribution in [-0.4, -0.2) is 34.7 Å². The maximum absolute atomic E-state index is 13.5. The van der Waals surface area contributed by atoms with Crippen LogP contribution >= 0.6 is 11.6 Å². The zero-order valence-corrected chi connectivity index (χ0v) is 15.6. The SMILES string of the molecule is CN(C)C(C(=O)NCc1nn(C)c2cccc(Cl)c12)c1cccc(F)c1. The Morgan fingerprint density at radius 2 is 2.04 bits per heavy atom. The van der Waals surface area contributed by atoms with E-state index in [9.17, 15) is 9.18 Å². The fourth-order valence-corrected chi connectivity index (χ4v) is 3.38. The molecule has 0 aliphatic rings. The molecule has 1 unspecified atom stereocenters. The summed E-state index contributed by atoms with van der Waals surface area (Å²) in [6.07, 6.45) is 0. The molecule has 0 aliphatic heterocycles. The van der Waals surface area contributed by atoms with Gasteiger partial charge in [0.25, 0.3) is 0 Å². The van der Waals surface area contributed by atoms with Crippen molar-refractivity contribution >= 4 is 28.4 Å². The van der Waals surface area contributed by atoms with E-state index in [0.717, 1.165) is 10.9 Å². The third-order valence-electron chi connectivity index (χ3n) is 4.26. The molecule has 0 fully saturated rings. The van der Waals surface area contributed by atoms with Gasteiger partial charge in [-0.25, -0.2) is 4.39 Å². The highest BCUT2D eigenvalue weighted by Crippen LogP contribution is 2.26. The van der Waals surface area contributed by atoms with Crippen molar-refractivity contribution in [3.8, 4) is 0 Å². The molecule has 5 nitrogen and oxygen atoms in total. The van der Waals surface area contributed by atoms with E-state index in [1.165, 1.54) is 12.1 Å². The predicted molar refractivity (Wildman–Crippen MR) is 100 cm³/mol. The van der Waals surface area contributed by atoms with Crippen molar-refractivity contribution in [1.82, 2.24) is 20.0 Å². The van der Waals surface area contributed by atoms with Crippen LogP contribution in [0.5, 0.6) is 0 Å². The smallest absolute Gasteiger partial charge is 0.242 e. The third kappa shape index (κ3) is 3.57. The average Bonchev–Trinajstić information content (AvgIpc) is 2.90. The lowest BCUT2D eigenvalue weighted by molar-refractivity contribution is -0.126. The van der Waals surface area contributed by atoms with E-state index in [2.05, 4.69) is 10.4 Å². The first-order valence-corrected chi connectivity index (χ1v) is 8.56. The van der Waals surface area contributed by atoms with E-state index < -0.39 is 6.04 Å². The highest BCUT2D eigenvalue weighted by atomic mass is 35.5. The quantitative estimate of drug-likeness (QED) is 0.745. The molecule has 26 heavy (non-hydrogen) atoms. The van der Waals surface area contributed by atoms with Crippen LogP contribution in [0.15, 0.2) is 42.5 Å². The fraction of sp³-hybridized carbons (Fsp3) is 0.263. The second kappa shape index (κ2) is 7.43. The number of rotatable bonds is 5. The molecule has 1 heterocycles.